The van der Waals surface area contributed by atoms with Crippen molar-refractivity contribution in [3.63, 3.8) is 0 Å². The third kappa shape index (κ3) is 4.22. The lowest BCUT2D eigenvalue weighted by atomic mass is 10.1. The fraction of sp³-hybridized carbons (Fsp3) is 0.192. The first kappa shape index (κ1) is 20.9. The van der Waals surface area contributed by atoms with E-state index >= 15 is 0 Å². The van der Waals surface area contributed by atoms with Crippen LogP contribution in [0.5, 0.6) is 0 Å². The van der Waals surface area contributed by atoms with Gasteiger partial charge in [-0.3, -0.25) is 0 Å². The van der Waals surface area contributed by atoms with E-state index in [1.807, 2.05) is 57.3 Å². The Bertz CT molecular complexity index is 1430. The van der Waals surface area contributed by atoms with Crippen LogP contribution in [0.2, 0.25) is 0 Å². The zero-order chi connectivity index (χ0) is 22.9. The molecule has 2 aromatic carbocycles. The second kappa shape index (κ2) is 8.50. The van der Waals surface area contributed by atoms with Gasteiger partial charge >= 0.3 is 0 Å². The topological polar surface area (TPSA) is 71.4 Å². The highest BCUT2D eigenvalue weighted by Crippen LogP contribution is 2.25. The van der Waals surface area contributed by atoms with E-state index in [4.69, 9.17) is 0 Å². The molecule has 3 aromatic heterocycles. The van der Waals surface area contributed by atoms with Crippen LogP contribution in [0, 0.1) is 26.6 Å². The van der Waals surface area contributed by atoms with Gasteiger partial charge in [0, 0.05) is 47.6 Å². The molecule has 3 heterocycles. The van der Waals surface area contributed by atoms with E-state index in [0.29, 0.717) is 13.1 Å². The maximum atomic E-state index is 14.0. The fourth-order valence-electron chi connectivity index (χ4n) is 4.21. The third-order valence-corrected chi connectivity index (χ3v) is 5.89. The molecule has 0 saturated heterocycles. The number of hydrogen-bond acceptors (Lipinski definition) is 4. The zero-order valence-electron chi connectivity index (χ0n) is 18.9. The number of fused-ring (bicyclic) bond motifs is 1. The average Bonchev–Trinajstić information content (AvgIpc) is 3.38. The maximum Gasteiger partial charge on any atom is 0.130 e. The van der Waals surface area contributed by atoms with Crippen LogP contribution in [0.4, 0.5) is 10.2 Å². The molecule has 33 heavy (non-hydrogen) atoms. The summed E-state index contributed by atoms with van der Waals surface area (Å²) in [7, 11) is 0. The summed E-state index contributed by atoms with van der Waals surface area (Å²) in [5.74, 6) is 1.44. The molecule has 6 nitrogen and oxygen atoms in total. The number of H-pyrrole nitrogens is 1. The number of anilines is 1. The Morgan fingerprint density at radius 1 is 0.939 bits per heavy atom. The maximum absolute atomic E-state index is 14.0. The molecule has 0 bridgehead atoms. The molecule has 0 aliphatic rings. The molecule has 0 saturated carbocycles. The molecule has 166 valence electrons. The number of aromatic nitrogens is 5. The number of benzene rings is 2. The number of rotatable bonds is 6. The number of hydrogen-bond donors (Lipinski definition) is 2. The van der Waals surface area contributed by atoms with E-state index in [0.717, 1.165) is 56.3 Å². The summed E-state index contributed by atoms with van der Waals surface area (Å²) in [6, 6.07) is 15.4. The van der Waals surface area contributed by atoms with Crippen LogP contribution in [0.25, 0.3) is 33.4 Å². The van der Waals surface area contributed by atoms with E-state index in [9.17, 15) is 4.39 Å². The van der Waals surface area contributed by atoms with E-state index < -0.39 is 0 Å². The van der Waals surface area contributed by atoms with Gasteiger partial charge < -0.3 is 14.9 Å². The van der Waals surface area contributed by atoms with Crippen LogP contribution in [0.3, 0.4) is 0 Å². The van der Waals surface area contributed by atoms with Gasteiger partial charge in [0.15, 0.2) is 0 Å². The highest BCUT2D eigenvalue weighted by molar-refractivity contribution is 5.84. The predicted molar refractivity (Wildman–Crippen MR) is 130 cm³/mol. The van der Waals surface area contributed by atoms with E-state index in [-0.39, 0.29) is 5.82 Å². The van der Waals surface area contributed by atoms with E-state index in [2.05, 4.69) is 35.9 Å². The Morgan fingerprint density at radius 2 is 1.70 bits per heavy atom. The monoisotopic (exact) mass is 440 g/mol. The second-order valence-electron chi connectivity index (χ2n) is 8.26. The van der Waals surface area contributed by atoms with Gasteiger partial charge in [-0.15, -0.1) is 0 Å². The van der Waals surface area contributed by atoms with Crippen molar-refractivity contribution in [2.24, 2.45) is 0 Å². The van der Waals surface area contributed by atoms with Crippen molar-refractivity contribution in [1.82, 2.24) is 24.5 Å². The van der Waals surface area contributed by atoms with Crippen LogP contribution >= 0.6 is 0 Å². The van der Waals surface area contributed by atoms with Crippen molar-refractivity contribution in [2.75, 3.05) is 11.9 Å². The Morgan fingerprint density at radius 3 is 2.42 bits per heavy atom. The van der Waals surface area contributed by atoms with Crippen molar-refractivity contribution in [2.45, 2.75) is 27.3 Å². The number of aryl methyl sites for hydroxylation is 3. The molecule has 0 spiro atoms. The van der Waals surface area contributed by atoms with E-state index in [1.54, 1.807) is 18.5 Å². The van der Waals surface area contributed by atoms with Gasteiger partial charge in [0.1, 0.15) is 23.8 Å². The molecule has 0 aliphatic heterocycles. The van der Waals surface area contributed by atoms with Crippen LogP contribution in [0.15, 0.2) is 61.1 Å². The largest absolute Gasteiger partial charge is 0.368 e. The fourth-order valence-corrected chi connectivity index (χ4v) is 4.21. The summed E-state index contributed by atoms with van der Waals surface area (Å²) in [6.07, 6.45) is 3.47. The molecule has 0 atom stereocenters. The SMILES string of the molecule is Cc1nc(-c2ccc(-c3cc(NCCn4c(C)cc5c(C)cc(F)cc54)ncn3)cc2)c[nH]1. The van der Waals surface area contributed by atoms with Gasteiger partial charge in [0.05, 0.1) is 16.9 Å². The first-order chi connectivity index (χ1) is 16.0. The number of halogens is 1. The molecule has 0 aliphatic carbocycles. The highest BCUT2D eigenvalue weighted by atomic mass is 19.1. The van der Waals surface area contributed by atoms with Gasteiger partial charge in [-0.2, -0.15) is 0 Å². The Labute approximate surface area is 191 Å². The minimum Gasteiger partial charge on any atom is -0.368 e. The summed E-state index contributed by atoms with van der Waals surface area (Å²) in [5, 5.41) is 4.46. The Hall–Kier alpha value is -4.00. The minimum absolute atomic E-state index is 0.207. The van der Waals surface area contributed by atoms with Crippen molar-refractivity contribution in [3.05, 3.63) is 84.0 Å². The normalized spacial score (nSPS) is 11.3. The highest BCUT2D eigenvalue weighted by Gasteiger charge is 2.10. The standard InChI is InChI=1S/C26H25FN6/c1-16-10-21(27)12-25-22(16)11-17(2)33(25)9-8-28-26-13-23(30-15-31-26)19-4-6-20(7-5-19)24-14-29-18(3)32-24/h4-7,10-15H,8-9H2,1-3H3,(H,29,32)(H,28,30,31). The van der Waals surface area contributed by atoms with Gasteiger partial charge in [-0.25, -0.2) is 19.3 Å². The van der Waals surface area contributed by atoms with Gasteiger partial charge in [0.2, 0.25) is 0 Å². The van der Waals surface area contributed by atoms with Crippen LogP contribution < -0.4 is 5.32 Å². The number of aromatic amines is 1. The lowest BCUT2D eigenvalue weighted by Gasteiger charge is -2.11. The summed E-state index contributed by atoms with van der Waals surface area (Å²) < 4.78 is 16.1. The zero-order valence-corrected chi connectivity index (χ0v) is 18.9. The van der Waals surface area contributed by atoms with Gasteiger partial charge in [-0.1, -0.05) is 24.3 Å². The second-order valence-corrected chi connectivity index (χ2v) is 8.26. The van der Waals surface area contributed by atoms with Crippen LogP contribution in [-0.4, -0.2) is 31.0 Å². The molecule has 0 amide bonds. The lowest BCUT2D eigenvalue weighted by molar-refractivity contribution is 0.626. The minimum atomic E-state index is -0.207. The first-order valence-corrected chi connectivity index (χ1v) is 10.9. The quantitative estimate of drug-likeness (QED) is 0.357. The van der Waals surface area contributed by atoms with Crippen LogP contribution in [0.1, 0.15) is 17.1 Å². The molecule has 0 unspecified atom stereocenters. The molecular formula is C26H25FN6. The third-order valence-electron chi connectivity index (χ3n) is 5.89. The van der Waals surface area contributed by atoms with Gasteiger partial charge in [0.25, 0.3) is 0 Å². The van der Waals surface area contributed by atoms with Gasteiger partial charge in [-0.05, 0) is 44.5 Å². The summed E-state index contributed by atoms with van der Waals surface area (Å²) in [5.41, 5.74) is 6.81. The lowest BCUT2D eigenvalue weighted by Crippen LogP contribution is -2.12. The summed E-state index contributed by atoms with van der Waals surface area (Å²) >= 11 is 0. The van der Waals surface area contributed by atoms with Crippen molar-refractivity contribution in [1.29, 1.82) is 0 Å². The molecule has 0 radical (unpaired) electrons. The van der Waals surface area contributed by atoms with Crippen molar-refractivity contribution < 1.29 is 4.39 Å². The smallest absolute Gasteiger partial charge is 0.130 e. The van der Waals surface area contributed by atoms with Crippen molar-refractivity contribution >= 4 is 16.7 Å². The number of imidazole rings is 1. The molecule has 7 heteroatoms. The number of nitrogens with zero attached hydrogens (tertiary/aromatic N) is 4. The summed E-state index contributed by atoms with van der Waals surface area (Å²) in [6.45, 7) is 7.29. The molecule has 5 aromatic rings. The molecule has 5 rings (SSSR count). The van der Waals surface area contributed by atoms with Crippen LogP contribution in [-0.2, 0) is 6.54 Å². The Kier molecular flexibility index (Phi) is 5.38. The Balaban J connectivity index is 1.30. The number of nitrogens with one attached hydrogen (secondary N) is 2. The van der Waals surface area contributed by atoms with Crippen molar-refractivity contribution in [3.8, 4) is 22.5 Å². The first-order valence-electron chi connectivity index (χ1n) is 10.9. The molecule has 0 fully saturated rings. The predicted octanol–water partition coefficient (Wildman–Crippen LogP) is 5.66. The van der Waals surface area contributed by atoms with E-state index in [1.165, 1.54) is 0 Å². The molecular weight excluding hydrogens is 415 g/mol. The average molecular weight is 441 g/mol. The summed E-state index contributed by atoms with van der Waals surface area (Å²) in [4.78, 5) is 16.4. The molecule has 2 N–H and O–H groups in total.